The molecule has 1 saturated carbocycles. The second-order valence-electron chi connectivity index (χ2n) is 8.78. The molecule has 158 valence electrons. The Labute approximate surface area is 180 Å². The zero-order valence-electron chi connectivity index (χ0n) is 18.2. The van der Waals surface area contributed by atoms with Crippen molar-refractivity contribution in [2.45, 2.75) is 46.1 Å². The van der Waals surface area contributed by atoms with Gasteiger partial charge in [-0.2, -0.15) is 0 Å². The minimum Gasteiger partial charge on any atom is -0.461 e. The van der Waals surface area contributed by atoms with Gasteiger partial charge in [-0.3, -0.25) is 9.59 Å². The molecule has 0 aliphatic heterocycles. The summed E-state index contributed by atoms with van der Waals surface area (Å²) >= 11 is 0. The average molecular weight is 405 g/mol. The first kappa shape index (κ1) is 22.0. The maximum Gasteiger partial charge on any atom is 0.321 e. The fraction of sp³-hybridized carbons (Fsp3) is 0.407. The van der Waals surface area contributed by atoms with E-state index in [1.807, 2.05) is 54.6 Å². The van der Waals surface area contributed by atoms with Gasteiger partial charge in [-0.25, -0.2) is 0 Å². The van der Waals surface area contributed by atoms with E-state index >= 15 is 0 Å². The molecule has 1 aliphatic rings. The SMILES string of the molecule is CC(C)[C@H]1CC[C@H](C)C[C@H]1OC(=O)[C@@H](/C=C/c1ccccc1)C(=O)c1ccccc1. The van der Waals surface area contributed by atoms with Gasteiger partial charge in [-0.1, -0.05) is 100 Å². The van der Waals surface area contributed by atoms with Gasteiger partial charge in [-0.15, -0.1) is 0 Å². The summed E-state index contributed by atoms with van der Waals surface area (Å²) in [6.45, 7) is 6.58. The quantitative estimate of drug-likeness (QED) is 0.313. The van der Waals surface area contributed by atoms with Crippen LogP contribution in [0.2, 0.25) is 0 Å². The molecule has 0 amide bonds. The molecule has 0 saturated heterocycles. The van der Waals surface area contributed by atoms with E-state index in [0.717, 1.165) is 24.8 Å². The van der Waals surface area contributed by atoms with E-state index in [2.05, 4.69) is 20.8 Å². The highest BCUT2D eigenvalue weighted by Crippen LogP contribution is 2.36. The number of esters is 1. The first-order valence-electron chi connectivity index (χ1n) is 11.0. The minimum atomic E-state index is -0.947. The van der Waals surface area contributed by atoms with Crippen LogP contribution in [0.4, 0.5) is 0 Å². The summed E-state index contributed by atoms with van der Waals surface area (Å²) in [4.78, 5) is 26.4. The van der Waals surface area contributed by atoms with Crippen LogP contribution in [0.5, 0.6) is 0 Å². The molecule has 0 aromatic heterocycles. The molecule has 0 N–H and O–H groups in total. The van der Waals surface area contributed by atoms with Crippen molar-refractivity contribution in [3.05, 3.63) is 77.9 Å². The van der Waals surface area contributed by atoms with Crippen LogP contribution in [-0.2, 0) is 9.53 Å². The average Bonchev–Trinajstić information content (AvgIpc) is 2.75. The van der Waals surface area contributed by atoms with Gasteiger partial charge in [0.1, 0.15) is 12.0 Å². The van der Waals surface area contributed by atoms with Crippen LogP contribution < -0.4 is 0 Å². The Kier molecular flexibility index (Phi) is 7.62. The molecule has 0 spiro atoms. The third kappa shape index (κ3) is 5.69. The van der Waals surface area contributed by atoms with Crippen molar-refractivity contribution >= 4 is 17.8 Å². The Morgan fingerprint density at radius 2 is 1.60 bits per heavy atom. The molecule has 3 heteroatoms. The largest absolute Gasteiger partial charge is 0.461 e. The lowest BCUT2D eigenvalue weighted by Crippen LogP contribution is -2.38. The Balaban J connectivity index is 1.84. The Morgan fingerprint density at radius 3 is 2.23 bits per heavy atom. The van der Waals surface area contributed by atoms with Gasteiger partial charge in [-0.05, 0) is 36.2 Å². The molecular formula is C27H32O3. The predicted molar refractivity (Wildman–Crippen MR) is 121 cm³/mol. The molecule has 1 fully saturated rings. The lowest BCUT2D eigenvalue weighted by molar-refractivity contribution is -0.157. The Morgan fingerprint density at radius 1 is 0.967 bits per heavy atom. The van der Waals surface area contributed by atoms with Crippen LogP contribution in [-0.4, -0.2) is 17.9 Å². The molecule has 4 atom stereocenters. The van der Waals surface area contributed by atoms with E-state index in [-0.39, 0.29) is 11.9 Å². The number of hydrogen-bond donors (Lipinski definition) is 0. The number of Topliss-reactive ketones (excluding diaryl/α,β-unsaturated/α-hetero) is 1. The number of rotatable bonds is 7. The lowest BCUT2D eigenvalue weighted by Gasteiger charge is -2.37. The van der Waals surface area contributed by atoms with Crippen molar-refractivity contribution in [1.29, 1.82) is 0 Å². The van der Waals surface area contributed by atoms with Gasteiger partial charge in [0.15, 0.2) is 5.78 Å². The van der Waals surface area contributed by atoms with E-state index in [1.165, 1.54) is 0 Å². The van der Waals surface area contributed by atoms with Crippen molar-refractivity contribution in [3.8, 4) is 0 Å². The van der Waals surface area contributed by atoms with E-state index in [1.54, 1.807) is 18.2 Å². The van der Waals surface area contributed by atoms with Gasteiger partial charge >= 0.3 is 5.97 Å². The molecule has 30 heavy (non-hydrogen) atoms. The van der Waals surface area contributed by atoms with Gasteiger partial charge in [0, 0.05) is 5.56 Å². The van der Waals surface area contributed by atoms with Crippen LogP contribution in [0.1, 0.15) is 56.0 Å². The molecular weight excluding hydrogens is 372 g/mol. The summed E-state index contributed by atoms with van der Waals surface area (Å²) in [7, 11) is 0. The van der Waals surface area contributed by atoms with Crippen molar-refractivity contribution < 1.29 is 14.3 Å². The van der Waals surface area contributed by atoms with E-state index < -0.39 is 11.9 Å². The third-order valence-electron chi connectivity index (χ3n) is 6.10. The highest BCUT2D eigenvalue weighted by molar-refractivity contribution is 6.10. The Hall–Kier alpha value is -2.68. The van der Waals surface area contributed by atoms with E-state index in [4.69, 9.17) is 4.74 Å². The minimum absolute atomic E-state index is 0.127. The van der Waals surface area contributed by atoms with E-state index in [9.17, 15) is 9.59 Å². The normalized spacial score (nSPS) is 22.7. The van der Waals surface area contributed by atoms with Crippen LogP contribution in [0.3, 0.4) is 0 Å². The molecule has 3 rings (SSSR count). The van der Waals surface area contributed by atoms with Gasteiger partial charge < -0.3 is 4.74 Å². The fourth-order valence-corrected chi connectivity index (χ4v) is 4.30. The maximum atomic E-state index is 13.2. The number of ether oxygens (including phenoxy) is 1. The molecule has 1 aliphatic carbocycles. The van der Waals surface area contributed by atoms with Crippen LogP contribution in [0.15, 0.2) is 66.7 Å². The second-order valence-corrected chi connectivity index (χ2v) is 8.78. The first-order chi connectivity index (χ1) is 14.5. The molecule has 0 unspecified atom stereocenters. The van der Waals surface area contributed by atoms with Crippen LogP contribution in [0.25, 0.3) is 6.08 Å². The van der Waals surface area contributed by atoms with Crippen molar-refractivity contribution in [2.24, 2.45) is 23.7 Å². The monoisotopic (exact) mass is 404 g/mol. The fourth-order valence-electron chi connectivity index (χ4n) is 4.30. The van der Waals surface area contributed by atoms with E-state index in [0.29, 0.717) is 23.3 Å². The highest BCUT2D eigenvalue weighted by atomic mass is 16.5. The summed E-state index contributed by atoms with van der Waals surface area (Å²) < 4.78 is 6.02. The second kappa shape index (κ2) is 10.4. The molecule has 2 aromatic carbocycles. The summed E-state index contributed by atoms with van der Waals surface area (Å²) in [5.41, 5.74) is 1.47. The van der Waals surface area contributed by atoms with Crippen LogP contribution in [0, 0.1) is 23.7 Å². The van der Waals surface area contributed by atoms with Gasteiger partial charge in [0.25, 0.3) is 0 Å². The summed E-state index contributed by atoms with van der Waals surface area (Å²) in [6.07, 6.45) is 6.48. The first-order valence-corrected chi connectivity index (χ1v) is 11.0. The molecule has 0 radical (unpaired) electrons. The van der Waals surface area contributed by atoms with Crippen molar-refractivity contribution in [3.63, 3.8) is 0 Å². The topological polar surface area (TPSA) is 43.4 Å². The predicted octanol–water partition coefficient (Wildman–Crippen LogP) is 6.20. The smallest absolute Gasteiger partial charge is 0.321 e. The molecule has 0 heterocycles. The number of hydrogen-bond acceptors (Lipinski definition) is 3. The van der Waals surface area contributed by atoms with Crippen LogP contribution >= 0.6 is 0 Å². The molecule has 2 aromatic rings. The van der Waals surface area contributed by atoms with Crippen molar-refractivity contribution in [1.82, 2.24) is 0 Å². The summed E-state index contributed by atoms with van der Waals surface area (Å²) in [5.74, 6) is -0.300. The molecule has 3 nitrogen and oxygen atoms in total. The summed E-state index contributed by atoms with van der Waals surface area (Å²) in [5, 5.41) is 0. The van der Waals surface area contributed by atoms with Gasteiger partial charge in [0.05, 0.1) is 0 Å². The number of ketones is 1. The maximum absolute atomic E-state index is 13.2. The van der Waals surface area contributed by atoms with Gasteiger partial charge in [0.2, 0.25) is 0 Å². The zero-order chi connectivity index (χ0) is 21.5. The highest BCUT2D eigenvalue weighted by Gasteiger charge is 2.36. The number of carbonyl (C=O) groups excluding carboxylic acids is 2. The standard InChI is InChI=1S/C27H32O3/c1-19(2)23-16-14-20(3)18-25(23)30-27(29)24(17-15-21-10-6-4-7-11-21)26(28)22-12-8-5-9-13-22/h4-13,15,17,19-20,23-25H,14,16,18H2,1-3H3/b17-15+/t20-,23+,24-,25+/m0/s1. The lowest BCUT2D eigenvalue weighted by atomic mass is 9.75. The summed E-state index contributed by atoms with van der Waals surface area (Å²) in [6, 6.07) is 18.7. The Bertz CT molecular complexity index is 854. The zero-order valence-corrected chi connectivity index (χ0v) is 18.2. The van der Waals surface area contributed by atoms with Crippen molar-refractivity contribution in [2.75, 3.05) is 0 Å². The number of benzene rings is 2. The molecule has 0 bridgehead atoms. The third-order valence-corrected chi connectivity index (χ3v) is 6.10. The number of carbonyl (C=O) groups is 2.